The van der Waals surface area contributed by atoms with Crippen LogP contribution in [0.2, 0.25) is 0 Å². The number of ether oxygens (including phenoxy) is 2. The minimum atomic E-state index is -0.360. The standard InChI is InChI=1S/C9H20O3/c1-3-5-11-6-4-7-12-8-9(2)10/h9-10H,3-8H2,1-2H3. The Bertz CT molecular complexity index is 83.8. The zero-order valence-electron chi connectivity index (χ0n) is 8.08. The Morgan fingerprint density at radius 1 is 1.17 bits per heavy atom. The predicted molar refractivity (Wildman–Crippen MR) is 48.2 cm³/mol. The Morgan fingerprint density at radius 2 is 1.83 bits per heavy atom. The number of aliphatic hydroxyl groups is 1. The van der Waals surface area contributed by atoms with Crippen LogP contribution in [0, 0.1) is 0 Å². The summed E-state index contributed by atoms with van der Waals surface area (Å²) in [5.74, 6) is 0. The SMILES string of the molecule is CCCOCCCOCC(C)O. The van der Waals surface area contributed by atoms with E-state index in [1.807, 2.05) is 0 Å². The van der Waals surface area contributed by atoms with Crippen molar-refractivity contribution in [2.24, 2.45) is 0 Å². The van der Waals surface area contributed by atoms with Gasteiger partial charge in [0.15, 0.2) is 0 Å². The van der Waals surface area contributed by atoms with Crippen LogP contribution in [0.3, 0.4) is 0 Å². The van der Waals surface area contributed by atoms with Crippen LogP contribution in [0.4, 0.5) is 0 Å². The van der Waals surface area contributed by atoms with E-state index in [1.165, 1.54) is 0 Å². The number of aliphatic hydroxyl groups excluding tert-OH is 1. The summed E-state index contributed by atoms with van der Waals surface area (Å²) >= 11 is 0. The quantitative estimate of drug-likeness (QED) is 0.565. The first-order chi connectivity index (χ1) is 5.77. The van der Waals surface area contributed by atoms with Gasteiger partial charge in [0.1, 0.15) is 0 Å². The first-order valence-corrected chi connectivity index (χ1v) is 4.61. The van der Waals surface area contributed by atoms with Gasteiger partial charge in [-0.15, -0.1) is 0 Å². The van der Waals surface area contributed by atoms with Gasteiger partial charge in [0, 0.05) is 19.8 Å². The van der Waals surface area contributed by atoms with E-state index in [9.17, 15) is 0 Å². The molecule has 0 fully saturated rings. The summed E-state index contributed by atoms with van der Waals surface area (Å²) in [6, 6.07) is 0. The van der Waals surface area contributed by atoms with Crippen molar-refractivity contribution in [1.29, 1.82) is 0 Å². The summed E-state index contributed by atoms with van der Waals surface area (Å²) in [5, 5.41) is 8.84. The summed E-state index contributed by atoms with van der Waals surface area (Å²) in [5.41, 5.74) is 0. The van der Waals surface area contributed by atoms with E-state index in [4.69, 9.17) is 14.6 Å². The Kier molecular flexibility index (Phi) is 8.88. The highest BCUT2D eigenvalue weighted by Crippen LogP contribution is 1.88. The molecular formula is C9H20O3. The Morgan fingerprint density at radius 3 is 2.42 bits per heavy atom. The van der Waals surface area contributed by atoms with E-state index in [2.05, 4.69) is 6.92 Å². The summed E-state index contributed by atoms with van der Waals surface area (Å²) in [6.45, 7) is 6.49. The van der Waals surface area contributed by atoms with Crippen LogP contribution in [0.25, 0.3) is 0 Å². The van der Waals surface area contributed by atoms with Crippen molar-refractivity contribution in [3.63, 3.8) is 0 Å². The lowest BCUT2D eigenvalue weighted by Gasteiger charge is -2.06. The molecule has 0 aliphatic rings. The van der Waals surface area contributed by atoms with Crippen molar-refractivity contribution in [2.45, 2.75) is 32.8 Å². The molecule has 0 radical (unpaired) electrons. The molecule has 0 saturated heterocycles. The lowest BCUT2D eigenvalue weighted by molar-refractivity contribution is 0.0323. The van der Waals surface area contributed by atoms with Gasteiger partial charge in [-0.25, -0.2) is 0 Å². The van der Waals surface area contributed by atoms with Gasteiger partial charge in [-0.3, -0.25) is 0 Å². The fourth-order valence-corrected chi connectivity index (χ4v) is 0.763. The van der Waals surface area contributed by atoms with Crippen molar-refractivity contribution in [3.8, 4) is 0 Å². The summed E-state index contributed by atoms with van der Waals surface area (Å²) < 4.78 is 10.4. The van der Waals surface area contributed by atoms with Crippen LogP contribution in [0.5, 0.6) is 0 Å². The van der Waals surface area contributed by atoms with Gasteiger partial charge in [-0.05, 0) is 19.8 Å². The van der Waals surface area contributed by atoms with E-state index < -0.39 is 0 Å². The third-order valence-corrected chi connectivity index (χ3v) is 1.28. The Balaban J connectivity index is 2.82. The normalized spacial score (nSPS) is 13.2. The fraction of sp³-hybridized carbons (Fsp3) is 1.00. The zero-order chi connectivity index (χ0) is 9.23. The second-order valence-electron chi connectivity index (χ2n) is 2.89. The molecule has 0 aromatic heterocycles. The van der Waals surface area contributed by atoms with Crippen LogP contribution in [0.15, 0.2) is 0 Å². The van der Waals surface area contributed by atoms with Crippen molar-refractivity contribution >= 4 is 0 Å². The molecule has 0 rings (SSSR count). The Labute approximate surface area is 74.7 Å². The highest BCUT2D eigenvalue weighted by atomic mass is 16.5. The molecule has 3 nitrogen and oxygen atoms in total. The zero-order valence-corrected chi connectivity index (χ0v) is 8.08. The molecular weight excluding hydrogens is 156 g/mol. The van der Waals surface area contributed by atoms with Crippen molar-refractivity contribution in [1.82, 2.24) is 0 Å². The summed E-state index contributed by atoms with van der Waals surface area (Å²) in [7, 11) is 0. The monoisotopic (exact) mass is 176 g/mol. The molecule has 0 spiro atoms. The first kappa shape index (κ1) is 11.9. The molecule has 0 amide bonds. The maximum absolute atomic E-state index is 8.84. The fourth-order valence-electron chi connectivity index (χ4n) is 0.763. The van der Waals surface area contributed by atoms with Crippen molar-refractivity contribution in [2.75, 3.05) is 26.4 Å². The molecule has 1 atom stereocenters. The third-order valence-electron chi connectivity index (χ3n) is 1.28. The van der Waals surface area contributed by atoms with E-state index in [-0.39, 0.29) is 6.10 Å². The molecule has 0 heterocycles. The number of hydrogen-bond donors (Lipinski definition) is 1. The van der Waals surface area contributed by atoms with Gasteiger partial charge in [0.2, 0.25) is 0 Å². The van der Waals surface area contributed by atoms with Gasteiger partial charge in [-0.1, -0.05) is 6.92 Å². The molecule has 12 heavy (non-hydrogen) atoms. The van der Waals surface area contributed by atoms with Crippen molar-refractivity contribution < 1.29 is 14.6 Å². The summed E-state index contributed by atoms with van der Waals surface area (Å²) in [4.78, 5) is 0. The molecule has 74 valence electrons. The highest BCUT2D eigenvalue weighted by Gasteiger charge is 1.94. The van der Waals surface area contributed by atoms with Crippen molar-refractivity contribution in [3.05, 3.63) is 0 Å². The maximum Gasteiger partial charge on any atom is 0.0745 e. The van der Waals surface area contributed by atoms with E-state index >= 15 is 0 Å². The molecule has 0 bridgehead atoms. The van der Waals surface area contributed by atoms with Crippen LogP contribution < -0.4 is 0 Å². The second-order valence-corrected chi connectivity index (χ2v) is 2.89. The van der Waals surface area contributed by atoms with E-state index in [0.717, 1.165) is 26.1 Å². The smallest absolute Gasteiger partial charge is 0.0745 e. The van der Waals surface area contributed by atoms with Gasteiger partial charge >= 0.3 is 0 Å². The first-order valence-electron chi connectivity index (χ1n) is 4.61. The average molecular weight is 176 g/mol. The molecule has 0 aromatic rings. The topological polar surface area (TPSA) is 38.7 Å². The minimum Gasteiger partial charge on any atom is -0.391 e. The molecule has 3 heteroatoms. The van der Waals surface area contributed by atoms with Crippen LogP contribution in [-0.2, 0) is 9.47 Å². The predicted octanol–water partition coefficient (Wildman–Crippen LogP) is 1.20. The van der Waals surface area contributed by atoms with E-state index in [0.29, 0.717) is 13.2 Å². The maximum atomic E-state index is 8.84. The molecule has 0 aliphatic carbocycles. The molecule has 0 aliphatic heterocycles. The number of rotatable bonds is 8. The largest absolute Gasteiger partial charge is 0.391 e. The average Bonchev–Trinajstić information content (AvgIpc) is 2.02. The lowest BCUT2D eigenvalue weighted by Crippen LogP contribution is -2.11. The number of hydrogen-bond acceptors (Lipinski definition) is 3. The second kappa shape index (κ2) is 8.97. The Hall–Kier alpha value is -0.120. The molecule has 1 unspecified atom stereocenters. The van der Waals surface area contributed by atoms with Gasteiger partial charge in [-0.2, -0.15) is 0 Å². The van der Waals surface area contributed by atoms with Crippen LogP contribution >= 0.6 is 0 Å². The third kappa shape index (κ3) is 9.88. The summed E-state index contributed by atoms with van der Waals surface area (Å²) in [6.07, 6.45) is 1.61. The van der Waals surface area contributed by atoms with Gasteiger partial charge < -0.3 is 14.6 Å². The molecule has 0 saturated carbocycles. The minimum absolute atomic E-state index is 0.360. The van der Waals surface area contributed by atoms with E-state index in [1.54, 1.807) is 6.92 Å². The molecule has 1 N–H and O–H groups in total. The van der Waals surface area contributed by atoms with Gasteiger partial charge in [0.05, 0.1) is 12.7 Å². The van der Waals surface area contributed by atoms with Gasteiger partial charge in [0.25, 0.3) is 0 Å². The van der Waals surface area contributed by atoms with Crippen LogP contribution in [-0.4, -0.2) is 37.6 Å². The highest BCUT2D eigenvalue weighted by molar-refractivity contribution is 4.41. The lowest BCUT2D eigenvalue weighted by atomic mass is 10.4. The van der Waals surface area contributed by atoms with Crippen LogP contribution in [0.1, 0.15) is 26.7 Å². The molecule has 0 aromatic carbocycles.